The molecule has 212 valence electrons. The fourth-order valence-corrected chi connectivity index (χ4v) is 5.30. The van der Waals surface area contributed by atoms with Crippen molar-refractivity contribution < 1.29 is 9.22 Å². The van der Waals surface area contributed by atoms with Crippen molar-refractivity contribution in [3.63, 3.8) is 0 Å². The minimum absolute atomic E-state index is 0.144. The summed E-state index contributed by atoms with van der Waals surface area (Å²) >= 11 is 0. The van der Waals surface area contributed by atoms with Gasteiger partial charge in [0.05, 0.1) is 6.54 Å². The van der Waals surface area contributed by atoms with E-state index in [1.54, 1.807) is 0 Å². The van der Waals surface area contributed by atoms with Crippen LogP contribution in [-0.2, 0) is 4.43 Å². The Balaban J connectivity index is 2.34. The van der Waals surface area contributed by atoms with E-state index in [-0.39, 0.29) is 16.9 Å². The highest BCUT2D eigenvalue weighted by Gasteiger charge is 2.36. The molecule has 0 saturated heterocycles. The SMILES string of the molecule is CCCCCCCCCCCCCC/C=C\[C@H](CCO[Si](C)(C)C(C)(C)C)NCC(=O)c1ccccc1. The molecule has 0 fully saturated rings. The molecular weight excluding hydrogens is 470 g/mol. The van der Waals surface area contributed by atoms with E-state index < -0.39 is 8.32 Å². The van der Waals surface area contributed by atoms with E-state index in [4.69, 9.17) is 4.43 Å². The standard InChI is InChI=1S/C33H59NO2Si/c1-7-8-9-10-11-12-13-14-15-16-17-18-19-23-26-31(27-28-36-37(5,6)33(2,3)4)34-29-32(35)30-24-21-20-22-25-30/h20-26,31,34H,7-19,27-29H2,1-6H3/b26-23-/t31-/m1/s1. The Kier molecular flexibility index (Phi) is 18.1. The summed E-state index contributed by atoms with van der Waals surface area (Å²) in [6, 6.07) is 9.74. The van der Waals surface area contributed by atoms with Crippen LogP contribution in [0.15, 0.2) is 42.5 Å². The molecule has 0 aliphatic carbocycles. The van der Waals surface area contributed by atoms with Gasteiger partial charge in [-0.2, -0.15) is 0 Å². The summed E-state index contributed by atoms with van der Waals surface area (Å²) in [5.41, 5.74) is 0.770. The summed E-state index contributed by atoms with van der Waals surface area (Å²) in [6.07, 6.45) is 23.2. The van der Waals surface area contributed by atoms with Crippen LogP contribution in [0, 0.1) is 0 Å². The Labute approximate surface area is 231 Å². The number of hydrogen-bond donors (Lipinski definition) is 1. The zero-order valence-electron chi connectivity index (χ0n) is 25.2. The Bertz CT molecular complexity index is 724. The Hall–Kier alpha value is -1.23. The normalized spacial score (nSPS) is 13.4. The number of carbonyl (C=O) groups excluding carboxylic acids is 1. The first-order valence-electron chi connectivity index (χ1n) is 15.3. The van der Waals surface area contributed by atoms with Crippen LogP contribution < -0.4 is 5.32 Å². The second-order valence-corrected chi connectivity index (χ2v) is 17.1. The van der Waals surface area contributed by atoms with E-state index in [9.17, 15) is 4.79 Å². The summed E-state index contributed by atoms with van der Waals surface area (Å²) < 4.78 is 6.42. The third kappa shape index (κ3) is 16.4. The molecule has 0 radical (unpaired) electrons. The number of rotatable bonds is 22. The van der Waals surface area contributed by atoms with Gasteiger partial charge in [0.25, 0.3) is 0 Å². The number of allylic oxidation sites excluding steroid dienone is 1. The Morgan fingerprint density at radius 2 is 1.43 bits per heavy atom. The first-order valence-corrected chi connectivity index (χ1v) is 18.2. The van der Waals surface area contributed by atoms with Crippen LogP contribution in [0.1, 0.15) is 128 Å². The largest absolute Gasteiger partial charge is 0.417 e. The number of ketones is 1. The molecule has 1 aromatic carbocycles. The molecule has 4 heteroatoms. The summed E-state index contributed by atoms with van der Waals surface area (Å²) in [5.74, 6) is 0.144. The maximum absolute atomic E-state index is 12.6. The second-order valence-electron chi connectivity index (χ2n) is 12.3. The number of carbonyl (C=O) groups is 1. The van der Waals surface area contributed by atoms with Crippen molar-refractivity contribution in [1.82, 2.24) is 5.32 Å². The lowest BCUT2D eigenvalue weighted by molar-refractivity contribution is 0.0987. The zero-order chi connectivity index (χ0) is 27.4. The molecule has 0 unspecified atom stereocenters. The number of nitrogens with one attached hydrogen (secondary N) is 1. The van der Waals surface area contributed by atoms with E-state index in [2.05, 4.69) is 58.3 Å². The number of benzene rings is 1. The van der Waals surface area contributed by atoms with E-state index in [0.717, 1.165) is 25.0 Å². The molecule has 1 atom stereocenters. The number of Topliss-reactive ketones (excluding diaryl/α,β-unsaturated/α-hetero) is 1. The quantitative estimate of drug-likeness (QED) is 0.0703. The summed E-state index contributed by atoms with van der Waals surface area (Å²) in [6.45, 7) is 14.8. The van der Waals surface area contributed by atoms with Gasteiger partial charge in [0, 0.05) is 18.2 Å². The van der Waals surface area contributed by atoms with Crippen LogP contribution >= 0.6 is 0 Å². The maximum atomic E-state index is 12.6. The van der Waals surface area contributed by atoms with Crippen molar-refractivity contribution in [1.29, 1.82) is 0 Å². The van der Waals surface area contributed by atoms with Crippen LogP contribution in [0.3, 0.4) is 0 Å². The average molecular weight is 530 g/mol. The van der Waals surface area contributed by atoms with Crippen LogP contribution in [0.2, 0.25) is 18.1 Å². The molecule has 1 rings (SSSR count). The fraction of sp³-hybridized carbons (Fsp3) is 0.727. The molecule has 0 heterocycles. The van der Waals surface area contributed by atoms with Gasteiger partial charge in [0.1, 0.15) is 0 Å². The molecule has 0 saturated carbocycles. The lowest BCUT2D eigenvalue weighted by Crippen LogP contribution is -2.42. The Morgan fingerprint density at radius 3 is 1.97 bits per heavy atom. The molecule has 0 bridgehead atoms. The fourth-order valence-electron chi connectivity index (χ4n) is 4.24. The molecule has 0 aliphatic rings. The van der Waals surface area contributed by atoms with Gasteiger partial charge in [-0.25, -0.2) is 0 Å². The monoisotopic (exact) mass is 529 g/mol. The van der Waals surface area contributed by atoms with Crippen molar-refractivity contribution >= 4 is 14.1 Å². The smallest absolute Gasteiger partial charge is 0.191 e. The molecule has 37 heavy (non-hydrogen) atoms. The molecule has 3 nitrogen and oxygen atoms in total. The zero-order valence-corrected chi connectivity index (χ0v) is 26.2. The minimum Gasteiger partial charge on any atom is -0.417 e. The number of hydrogen-bond acceptors (Lipinski definition) is 3. The van der Waals surface area contributed by atoms with Crippen molar-refractivity contribution in [2.75, 3.05) is 13.2 Å². The Morgan fingerprint density at radius 1 is 0.892 bits per heavy atom. The molecule has 0 amide bonds. The van der Waals surface area contributed by atoms with Gasteiger partial charge in [0.2, 0.25) is 0 Å². The second kappa shape index (κ2) is 19.8. The predicted octanol–water partition coefficient (Wildman–Crippen LogP) is 9.89. The summed E-state index contributed by atoms with van der Waals surface area (Å²) in [4.78, 5) is 12.6. The molecule has 0 aliphatic heterocycles. The maximum Gasteiger partial charge on any atom is 0.191 e. The highest BCUT2D eigenvalue weighted by atomic mass is 28.4. The van der Waals surface area contributed by atoms with Crippen molar-refractivity contribution in [3.8, 4) is 0 Å². The molecular formula is C33H59NO2Si. The van der Waals surface area contributed by atoms with Gasteiger partial charge in [0.15, 0.2) is 14.1 Å². The van der Waals surface area contributed by atoms with E-state index in [1.807, 2.05) is 30.3 Å². The number of unbranched alkanes of at least 4 members (excludes halogenated alkanes) is 12. The molecule has 1 aromatic rings. The van der Waals surface area contributed by atoms with Crippen molar-refractivity contribution in [2.45, 2.75) is 142 Å². The summed E-state index contributed by atoms with van der Waals surface area (Å²) in [7, 11) is -1.76. The third-order valence-electron chi connectivity index (χ3n) is 7.91. The van der Waals surface area contributed by atoms with Crippen LogP contribution in [0.4, 0.5) is 0 Å². The van der Waals surface area contributed by atoms with Gasteiger partial charge in [-0.1, -0.05) is 141 Å². The van der Waals surface area contributed by atoms with E-state index in [1.165, 1.54) is 77.0 Å². The highest BCUT2D eigenvalue weighted by molar-refractivity contribution is 6.74. The first kappa shape index (κ1) is 33.8. The topological polar surface area (TPSA) is 38.3 Å². The lowest BCUT2D eigenvalue weighted by Gasteiger charge is -2.36. The van der Waals surface area contributed by atoms with Gasteiger partial charge < -0.3 is 9.74 Å². The van der Waals surface area contributed by atoms with Crippen LogP contribution in [0.5, 0.6) is 0 Å². The van der Waals surface area contributed by atoms with Gasteiger partial charge >= 0.3 is 0 Å². The first-order chi connectivity index (χ1) is 17.7. The van der Waals surface area contributed by atoms with Gasteiger partial charge in [-0.15, -0.1) is 0 Å². The molecule has 0 aromatic heterocycles. The summed E-state index contributed by atoms with van der Waals surface area (Å²) in [5, 5.41) is 3.70. The van der Waals surface area contributed by atoms with Gasteiger partial charge in [-0.05, 0) is 37.4 Å². The lowest BCUT2D eigenvalue weighted by atomic mass is 10.0. The van der Waals surface area contributed by atoms with Crippen LogP contribution in [0.25, 0.3) is 0 Å². The van der Waals surface area contributed by atoms with E-state index in [0.29, 0.717) is 6.54 Å². The predicted molar refractivity (Wildman–Crippen MR) is 165 cm³/mol. The van der Waals surface area contributed by atoms with Gasteiger partial charge in [-0.3, -0.25) is 4.79 Å². The third-order valence-corrected chi connectivity index (χ3v) is 12.4. The highest BCUT2D eigenvalue weighted by Crippen LogP contribution is 2.36. The molecule has 1 N–H and O–H groups in total. The molecule has 0 spiro atoms. The average Bonchev–Trinajstić information content (AvgIpc) is 2.86. The van der Waals surface area contributed by atoms with E-state index >= 15 is 0 Å². The van der Waals surface area contributed by atoms with Crippen molar-refractivity contribution in [2.24, 2.45) is 0 Å². The van der Waals surface area contributed by atoms with Crippen LogP contribution in [-0.4, -0.2) is 33.3 Å². The van der Waals surface area contributed by atoms with Crippen molar-refractivity contribution in [3.05, 3.63) is 48.0 Å². The minimum atomic E-state index is -1.76.